The highest BCUT2D eigenvalue weighted by atomic mass is 35.5. The van der Waals surface area contributed by atoms with Gasteiger partial charge in [-0.05, 0) is 49.7 Å². The van der Waals surface area contributed by atoms with Crippen LogP contribution >= 0.6 is 22.9 Å². The number of hydrogen-bond donors (Lipinski definition) is 1. The Morgan fingerprint density at radius 2 is 1.96 bits per heavy atom. The van der Waals surface area contributed by atoms with E-state index in [9.17, 15) is 13.2 Å². The van der Waals surface area contributed by atoms with Crippen LogP contribution in [0.3, 0.4) is 0 Å². The molecule has 0 aliphatic carbocycles. The van der Waals surface area contributed by atoms with Crippen LogP contribution in [0.2, 0.25) is 5.02 Å². The van der Waals surface area contributed by atoms with Crippen LogP contribution in [-0.4, -0.2) is 31.1 Å². The number of nitrogens with zero attached hydrogens (tertiary/aromatic N) is 1. The van der Waals surface area contributed by atoms with Gasteiger partial charge in [0.2, 0.25) is 0 Å². The fraction of sp³-hybridized carbons (Fsp3) is 0.444. The van der Waals surface area contributed by atoms with Crippen molar-refractivity contribution in [3.05, 3.63) is 56.2 Å². The van der Waals surface area contributed by atoms with E-state index in [0.717, 1.165) is 42.4 Å². The summed E-state index contributed by atoms with van der Waals surface area (Å²) in [6.07, 6.45) is -3.48. The molecule has 0 spiro atoms. The second kappa shape index (κ2) is 7.66. The van der Waals surface area contributed by atoms with Gasteiger partial charge in [-0.25, -0.2) is 0 Å². The monoisotopic (exact) mass is 388 g/mol. The van der Waals surface area contributed by atoms with E-state index >= 15 is 0 Å². The maximum atomic E-state index is 13.3. The lowest BCUT2D eigenvalue weighted by atomic mass is 10.0. The van der Waals surface area contributed by atoms with Crippen molar-refractivity contribution in [3.8, 4) is 0 Å². The Morgan fingerprint density at radius 3 is 2.64 bits per heavy atom. The molecule has 1 unspecified atom stereocenters. The fourth-order valence-electron chi connectivity index (χ4n) is 3.21. The maximum absolute atomic E-state index is 13.3. The van der Waals surface area contributed by atoms with E-state index in [-0.39, 0.29) is 11.1 Å². The summed E-state index contributed by atoms with van der Waals surface area (Å²) in [6, 6.07) is 8.14. The van der Waals surface area contributed by atoms with Gasteiger partial charge in [-0.2, -0.15) is 13.2 Å². The minimum absolute atomic E-state index is 0.183. The van der Waals surface area contributed by atoms with Gasteiger partial charge in [0.05, 0.1) is 16.6 Å². The van der Waals surface area contributed by atoms with Crippen molar-refractivity contribution in [2.75, 3.05) is 26.2 Å². The van der Waals surface area contributed by atoms with Crippen molar-refractivity contribution in [3.63, 3.8) is 0 Å². The van der Waals surface area contributed by atoms with E-state index in [1.54, 1.807) is 17.4 Å². The molecule has 1 saturated heterocycles. The Hall–Kier alpha value is -1.08. The first-order chi connectivity index (χ1) is 11.9. The van der Waals surface area contributed by atoms with Gasteiger partial charge in [0.15, 0.2) is 0 Å². The van der Waals surface area contributed by atoms with Crippen molar-refractivity contribution in [2.24, 2.45) is 0 Å². The van der Waals surface area contributed by atoms with Gasteiger partial charge in [-0.3, -0.25) is 4.90 Å². The van der Waals surface area contributed by atoms with E-state index in [0.29, 0.717) is 5.56 Å². The molecular formula is C18H20ClF3N2S. The van der Waals surface area contributed by atoms with E-state index in [1.165, 1.54) is 12.1 Å². The summed E-state index contributed by atoms with van der Waals surface area (Å²) in [5.41, 5.74) is -0.127. The molecule has 3 rings (SSSR count). The van der Waals surface area contributed by atoms with Crippen LogP contribution < -0.4 is 5.32 Å². The van der Waals surface area contributed by atoms with Crippen LogP contribution in [0.25, 0.3) is 0 Å². The second-order valence-corrected chi connectivity index (χ2v) is 7.95. The number of alkyl halides is 3. The zero-order valence-electron chi connectivity index (χ0n) is 13.9. The van der Waals surface area contributed by atoms with Crippen molar-refractivity contribution < 1.29 is 13.2 Å². The van der Waals surface area contributed by atoms with E-state index in [4.69, 9.17) is 11.6 Å². The first-order valence-corrected chi connectivity index (χ1v) is 9.43. The number of benzene rings is 1. The van der Waals surface area contributed by atoms with Gasteiger partial charge in [0.25, 0.3) is 0 Å². The third-order valence-corrected chi connectivity index (χ3v) is 5.76. The quantitative estimate of drug-likeness (QED) is 0.785. The normalized spacial score (nSPS) is 18.1. The Kier molecular flexibility index (Phi) is 5.73. The Balaban J connectivity index is 2.05. The molecule has 0 amide bonds. The highest BCUT2D eigenvalue weighted by molar-refractivity contribution is 7.12. The molecule has 0 bridgehead atoms. The molecule has 2 nitrogen and oxygen atoms in total. The third kappa shape index (κ3) is 4.37. The van der Waals surface area contributed by atoms with E-state index < -0.39 is 11.7 Å². The van der Waals surface area contributed by atoms with Crippen LogP contribution in [-0.2, 0) is 6.18 Å². The molecule has 25 heavy (non-hydrogen) atoms. The molecule has 136 valence electrons. The molecule has 1 aliphatic rings. The van der Waals surface area contributed by atoms with Crippen molar-refractivity contribution >= 4 is 22.9 Å². The topological polar surface area (TPSA) is 15.3 Å². The minimum atomic E-state index is -4.46. The third-order valence-electron chi connectivity index (χ3n) is 4.38. The smallest absolute Gasteiger partial charge is 0.315 e. The number of nitrogens with one attached hydrogen (secondary N) is 1. The molecular weight excluding hydrogens is 369 g/mol. The first-order valence-electron chi connectivity index (χ1n) is 8.24. The van der Waals surface area contributed by atoms with Crippen LogP contribution in [0.1, 0.15) is 33.3 Å². The Labute approximate surface area is 154 Å². The Bertz CT molecular complexity index is 721. The average Bonchev–Trinajstić information content (AvgIpc) is 2.80. The zero-order chi connectivity index (χ0) is 18.0. The predicted molar refractivity (Wildman–Crippen MR) is 96.4 cm³/mol. The number of halogens is 4. The molecule has 1 aliphatic heterocycles. The molecule has 2 aromatic rings. The van der Waals surface area contributed by atoms with E-state index in [1.807, 2.05) is 19.1 Å². The van der Waals surface area contributed by atoms with Crippen LogP contribution in [0.4, 0.5) is 13.2 Å². The molecule has 2 heterocycles. The number of hydrogen-bond acceptors (Lipinski definition) is 3. The SMILES string of the molecule is Cc1ccc(C(c2ccc(Cl)c(C(F)(F)F)c2)N2CCCNCC2)s1. The zero-order valence-corrected chi connectivity index (χ0v) is 15.4. The average molecular weight is 389 g/mol. The highest BCUT2D eigenvalue weighted by Crippen LogP contribution is 2.39. The summed E-state index contributed by atoms with van der Waals surface area (Å²) in [6.45, 7) is 5.42. The van der Waals surface area contributed by atoms with Crippen LogP contribution in [0.15, 0.2) is 30.3 Å². The van der Waals surface area contributed by atoms with Gasteiger partial charge < -0.3 is 5.32 Å². The second-order valence-electron chi connectivity index (χ2n) is 6.23. The lowest BCUT2D eigenvalue weighted by Gasteiger charge is -2.30. The molecule has 1 aromatic carbocycles. The van der Waals surface area contributed by atoms with Crippen LogP contribution in [0, 0.1) is 6.92 Å². The summed E-state index contributed by atoms with van der Waals surface area (Å²) in [5, 5.41) is 3.09. The van der Waals surface area contributed by atoms with Gasteiger partial charge >= 0.3 is 6.18 Å². The van der Waals surface area contributed by atoms with Gasteiger partial charge in [0, 0.05) is 29.4 Å². The van der Waals surface area contributed by atoms with E-state index in [2.05, 4.69) is 10.2 Å². The number of rotatable bonds is 3. The summed E-state index contributed by atoms with van der Waals surface area (Å²) in [4.78, 5) is 4.47. The molecule has 0 radical (unpaired) electrons. The fourth-order valence-corrected chi connectivity index (χ4v) is 4.48. The summed E-state index contributed by atoms with van der Waals surface area (Å²) >= 11 is 7.44. The summed E-state index contributed by atoms with van der Waals surface area (Å²) < 4.78 is 39.9. The van der Waals surface area contributed by atoms with Gasteiger partial charge in [-0.1, -0.05) is 17.7 Å². The molecule has 1 atom stereocenters. The highest BCUT2D eigenvalue weighted by Gasteiger charge is 2.35. The molecule has 0 saturated carbocycles. The van der Waals surface area contributed by atoms with Crippen molar-refractivity contribution in [1.29, 1.82) is 0 Å². The number of aryl methyl sites for hydroxylation is 1. The molecule has 1 fully saturated rings. The lowest BCUT2D eigenvalue weighted by molar-refractivity contribution is -0.137. The number of thiophene rings is 1. The standard InChI is InChI=1S/C18H20ClF3N2S/c1-12-3-6-16(25-12)17(24-9-2-7-23-8-10-24)13-4-5-15(19)14(11-13)18(20,21)22/h3-6,11,17,23H,2,7-10H2,1H3. The first kappa shape index (κ1) is 18.7. The molecule has 1 N–H and O–H groups in total. The molecule has 1 aromatic heterocycles. The van der Waals surface area contributed by atoms with Gasteiger partial charge in [-0.15, -0.1) is 11.3 Å². The maximum Gasteiger partial charge on any atom is 0.417 e. The van der Waals surface area contributed by atoms with Crippen molar-refractivity contribution in [2.45, 2.75) is 25.6 Å². The minimum Gasteiger partial charge on any atom is -0.315 e. The molecule has 7 heteroatoms. The summed E-state index contributed by atoms with van der Waals surface area (Å²) in [7, 11) is 0. The van der Waals surface area contributed by atoms with Crippen molar-refractivity contribution in [1.82, 2.24) is 10.2 Å². The lowest BCUT2D eigenvalue weighted by Crippen LogP contribution is -2.32. The Morgan fingerprint density at radius 1 is 1.16 bits per heavy atom. The predicted octanol–water partition coefficient (Wildman–Crippen LogP) is 5.11. The largest absolute Gasteiger partial charge is 0.417 e. The summed E-state index contributed by atoms with van der Waals surface area (Å²) in [5.74, 6) is 0. The van der Waals surface area contributed by atoms with Crippen LogP contribution in [0.5, 0.6) is 0 Å². The van der Waals surface area contributed by atoms with Gasteiger partial charge in [0.1, 0.15) is 0 Å².